The van der Waals surface area contributed by atoms with Crippen LogP contribution in [0, 0.1) is 0 Å². The molecule has 0 heterocycles. The summed E-state index contributed by atoms with van der Waals surface area (Å²) in [6.07, 6.45) is 9.64. The summed E-state index contributed by atoms with van der Waals surface area (Å²) < 4.78 is 3.73. The van der Waals surface area contributed by atoms with Crippen LogP contribution < -0.4 is 3.27 Å². The molecule has 0 atom stereocenters. The molecule has 0 N–H and O–H groups in total. The van der Waals surface area contributed by atoms with Crippen LogP contribution in [0.5, 0.6) is 0 Å². The van der Waals surface area contributed by atoms with Gasteiger partial charge < -0.3 is 0 Å². The molecule has 0 saturated carbocycles. The van der Waals surface area contributed by atoms with Gasteiger partial charge in [-0.05, 0) is 0 Å². The molecule has 2 aliphatic rings. The molecule has 2 aromatic rings. The Kier molecular flexibility index (Phi) is 7.27. The summed E-state index contributed by atoms with van der Waals surface area (Å²) in [5, 5.41) is 0. The summed E-state index contributed by atoms with van der Waals surface area (Å²) in [7, 11) is 0. The molecule has 0 bridgehead atoms. The predicted octanol–water partition coefficient (Wildman–Crippen LogP) is 8.75. The first-order valence-electron chi connectivity index (χ1n) is 13.2. The van der Waals surface area contributed by atoms with E-state index >= 15 is 0 Å². The van der Waals surface area contributed by atoms with Crippen molar-refractivity contribution in [2.45, 2.75) is 104 Å². The van der Waals surface area contributed by atoms with E-state index in [1.54, 1.807) is 16.7 Å². The van der Waals surface area contributed by atoms with Crippen LogP contribution in [0.3, 0.4) is 0 Å². The quantitative estimate of drug-likeness (QED) is 0.286. The summed E-state index contributed by atoms with van der Waals surface area (Å²) in [6, 6.07) is 12.3. The standard InChI is InChI=1S/C21H25.C6H14Si.C5H5.Zr/c1-20(2,3)16-7-9-18-14(12-16)11-15-13-17(21(4,5)6)8-10-19(15)18;1-5(2)7-6(3)4;1-2-4-5-3-1;/h7-10,12H,11H2,1-6H3;5-6H,1-4H3;1-3H,4H2;. The third kappa shape index (κ3) is 4.84. The van der Waals surface area contributed by atoms with E-state index in [0.29, 0.717) is 0 Å². The van der Waals surface area contributed by atoms with Crippen LogP contribution in [0.15, 0.2) is 51.8 Å². The van der Waals surface area contributed by atoms with Gasteiger partial charge in [-0.2, -0.15) is 0 Å². The van der Waals surface area contributed by atoms with E-state index in [1.165, 1.54) is 23.1 Å². The van der Waals surface area contributed by atoms with Crippen molar-refractivity contribution in [2.24, 2.45) is 0 Å². The second-order valence-corrected chi connectivity index (χ2v) is 28.1. The van der Waals surface area contributed by atoms with Crippen molar-refractivity contribution < 1.29 is 20.4 Å². The average Bonchev–Trinajstić information content (AvgIpc) is 3.36. The molecule has 0 nitrogen and oxygen atoms in total. The Balaban J connectivity index is 2.05. The molecule has 0 fully saturated rings. The molecular formula is C32H44SiZr. The fraction of sp³-hybridized carbons (Fsp3) is 0.500. The first kappa shape index (κ1) is 26.1. The molecular weight excluding hydrogens is 504 g/mol. The Bertz CT molecular complexity index is 1200. The predicted molar refractivity (Wildman–Crippen MR) is 150 cm³/mol. The van der Waals surface area contributed by atoms with E-state index in [1.807, 2.05) is 6.55 Å². The molecule has 0 spiro atoms. The van der Waals surface area contributed by atoms with Crippen molar-refractivity contribution in [1.82, 2.24) is 0 Å². The molecule has 2 aliphatic carbocycles. The Hall–Kier alpha value is -0.980. The average molecular weight is 548 g/mol. The Morgan fingerprint density at radius 2 is 1.47 bits per heavy atom. The van der Waals surface area contributed by atoms with Gasteiger partial charge in [0.2, 0.25) is 0 Å². The topological polar surface area (TPSA) is 0 Å². The van der Waals surface area contributed by atoms with E-state index in [4.69, 9.17) is 0 Å². The third-order valence-electron chi connectivity index (χ3n) is 7.62. The van der Waals surface area contributed by atoms with Crippen LogP contribution in [0.4, 0.5) is 0 Å². The van der Waals surface area contributed by atoms with Crippen molar-refractivity contribution in [3.63, 3.8) is 0 Å². The minimum absolute atomic E-state index is 0.176. The monoisotopic (exact) mass is 546 g/mol. The van der Waals surface area contributed by atoms with E-state index in [-0.39, 0.29) is 10.8 Å². The van der Waals surface area contributed by atoms with Gasteiger partial charge in [-0.1, -0.05) is 0 Å². The second kappa shape index (κ2) is 9.48. The molecule has 0 amide bonds. The molecule has 180 valence electrons. The molecule has 0 radical (unpaired) electrons. The van der Waals surface area contributed by atoms with Crippen molar-refractivity contribution in [3.05, 3.63) is 74.1 Å². The molecule has 0 aliphatic heterocycles. The van der Waals surface area contributed by atoms with Gasteiger partial charge in [-0.15, -0.1) is 0 Å². The number of hydrogen-bond donors (Lipinski definition) is 0. The number of rotatable bonds is 4. The van der Waals surface area contributed by atoms with Gasteiger partial charge in [-0.3, -0.25) is 0 Å². The number of hydrogen-bond acceptors (Lipinski definition) is 0. The van der Waals surface area contributed by atoms with Crippen molar-refractivity contribution in [2.75, 3.05) is 0 Å². The van der Waals surface area contributed by atoms with E-state index < -0.39 is 25.8 Å². The second-order valence-electron chi connectivity index (χ2n) is 13.0. The molecule has 0 aromatic heterocycles. The maximum atomic E-state index is 2.54. The molecule has 34 heavy (non-hydrogen) atoms. The Labute approximate surface area is 217 Å². The van der Waals surface area contributed by atoms with Crippen LogP contribution in [0.2, 0.25) is 11.1 Å². The van der Waals surface area contributed by atoms with Crippen molar-refractivity contribution >= 4 is 8.70 Å². The van der Waals surface area contributed by atoms with Crippen LogP contribution in [0.1, 0.15) is 97.9 Å². The van der Waals surface area contributed by atoms with E-state index in [9.17, 15) is 0 Å². The van der Waals surface area contributed by atoms with Gasteiger partial charge >= 0.3 is 218 Å². The van der Waals surface area contributed by atoms with Crippen molar-refractivity contribution in [3.8, 4) is 11.1 Å². The zero-order valence-corrected chi connectivity index (χ0v) is 26.6. The first-order chi connectivity index (χ1) is 15.8. The summed E-state index contributed by atoms with van der Waals surface area (Å²) in [4.78, 5) is 0. The van der Waals surface area contributed by atoms with Gasteiger partial charge in [0.25, 0.3) is 0 Å². The van der Waals surface area contributed by atoms with Crippen LogP contribution in [-0.4, -0.2) is 5.43 Å². The van der Waals surface area contributed by atoms with Crippen molar-refractivity contribution in [1.29, 1.82) is 0 Å². The van der Waals surface area contributed by atoms with Crippen LogP contribution >= 0.6 is 0 Å². The molecule has 2 heteroatoms. The summed E-state index contributed by atoms with van der Waals surface area (Å²) in [6.45, 7) is 24.5. The van der Waals surface area contributed by atoms with Crippen LogP contribution in [0.25, 0.3) is 11.1 Å². The molecule has 0 saturated heterocycles. The first-order valence-corrected chi connectivity index (χ1v) is 21.0. The normalized spacial score (nSPS) is 15.1. The SMILES string of the molecule is CC(C)[Si](C(C)C)=[Zr]([C]1=CC=CC1)[c]1c(C(C)(C)C)ccc2c1Cc1cc(C(C)(C)C)ccc1-2. The van der Waals surface area contributed by atoms with Gasteiger partial charge in [-0.25, -0.2) is 0 Å². The fourth-order valence-corrected chi connectivity index (χ4v) is 30.6. The minimum atomic E-state index is -2.13. The molecule has 0 unspecified atom stereocenters. The Morgan fingerprint density at radius 3 is 2.00 bits per heavy atom. The number of benzene rings is 2. The summed E-state index contributed by atoms with van der Waals surface area (Å²) >= 11 is -2.13. The molecule has 2 aromatic carbocycles. The van der Waals surface area contributed by atoms with Crippen LogP contribution in [-0.2, 0) is 37.6 Å². The summed E-state index contributed by atoms with van der Waals surface area (Å²) in [5.41, 5.74) is 10.9. The summed E-state index contributed by atoms with van der Waals surface area (Å²) in [5.74, 6) is 0. The van der Waals surface area contributed by atoms with Gasteiger partial charge in [0.15, 0.2) is 0 Å². The number of allylic oxidation sites excluding steroid dienone is 4. The number of fused-ring (bicyclic) bond motifs is 3. The zero-order chi connectivity index (χ0) is 25.0. The maximum absolute atomic E-state index is 2.54. The zero-order valence-electron chi connectivity index (χ0n) is 23.2. The third-order valence-corrected chi connectivity index (χ3v) is 32.0. The van der Waals surface area contributed by atoms with E-state index in [0.717, 1.165) is 17.5 Å². The van der Waals surface area contributed by atoms with E-state index in [2.05, 4.69) is 118 Å². The van der Waals surface area contributed by atoms with Gasteiger partial charge in [0.05, 0.1) is 0 Å². The Morgan fingerprint density at radius 1 is 0.824 bits per heavy atom. The van der Waals surface area contributed by atoms with Gasteiger partial charge in [0, 0.05) is 0 Å². The molecule has 4 rings (SSSR count). The van der Waals surface area contributed by atoms with Gasteiger partial charge in [0.1, 0.15) is 0 Å². The fourth-order valence-electron chi connectivity index (χ4n) is 6.02.